The Labute approximate surface area is 107 Å². The van der Waals surface area contributed by atoms with E-state index in [0.29, 0.717) is 13.0 Å². The van der Waals surface area contributed by atoms with E-state index < -0.39 is 0 Å². The maximum Gasteiger partial charge on any atom is 0.220 e. The third kappa shape index (κ3) is 4.01. The van der Waals surface area contributed by atoms with Crippen LogP contribution in [0.2, 0.25) is 0 Å². The number of H-pyrrole nitrogens is 1. The zero-order chi connectivity index (χ0) is 12.6. The Morgan fingerprint density at radius 1 is 1.06 bits per heavy atom. The lowest BCUT2D eigenvalue weighted by molar-refractivity contribution is -0.390. The summed E-state index contributed by atoms with van der Waals surface area (Å²) < 4.78 is 0. The lowest BCUT2D eigenvalue weighted by atomic mass is 10.1. The van der Waals surface area contributed by atoms with Gasteiger partial charge in [-0.25, -0.2) is 4.98 Å². The number of hydrogen-bond acceptors (Lipinski definition) is 1. The van der Waals surface area contributed by atoms with Gasteiger partial charge in [0.05, 0.1) is 0 Å². The van der Waals surface area contributed by atoms with Gasteiger partial charge in [0.1, 0.15) is 6.54 Å². The van der Waals surface area contributed by atoms with Gasteiger partial charge in [-0.2, -0.15) is 0 Å². The third-order valence-corrected chi connectivity index (χ3v) is 2.73. The van der Waals surface area contributed by atoms with Crippen molar-refractivity contribution >= 4 is 5.91 Å². The van der Waals surface area contributed by atoms with Crippen LogP contribution in [0.1, 0.15) is 17.7 Å². The minimum absolute atomic E-state index is 0.0797. The quantitative estimate of drug-likeness (QED) is 0.851. The van der Waals surface area contributed by atoms with Gasteiger partial charge in [0.2, 0.25) is 5.91 Å². The second-order valence-corrected chi connectivity index (χ2v) is 4.15. The van der Waals surface area contributed by atoms with Gasteiger partial charge in [0.15, 0.2) is 11.9 Å². The summed E-state index contributed by atoms with van der Waals surface area (Å²) in [5.74, 6) is 0.0797. The van der Waals surface area contributed by atoms with Gasteiger partial charge in [0, 0.05) is 18.6 Å². The molecule has 0 bridgehead atoms. The molecule has 0 saturated heterocycles. The number of aromatic amines is 1. The van der Waals surface area contributed by atoms with Crippen molar-refractivity contribution < 1.29 is 9.78 Å². The van der Waals surface area contributed by atoms with Gasteiger partial charge < -0.3 is 5.32 Å². The molecule has 3 heteroatoms. The fraction of sp³-hybridized carbons (Fsp3) is 0.200. The molecule has 0 unspecified atom stereocenters. The fourth-order valence-electron chi connectivity index (χ4n) is 1.73. The van der Waals surface area contributed by atoms with Crippen LogP contribution in [0.15, 0.2) is 54.7 Å². The topological polar surface area (TPSA) is 43.2 Å². The summed E-state index contributed by atoms with van der Waals surface area (Å²) in [6.45, 7) is 0.550. The van der Waals surface area contributed by atoms with Crippen LogP contribution in [-0.4, -0.2) is 5.91 Å². The highest BCUT2D eigenvalue weighted by Crippen LogP contribution is 2.02. The van der Waals surface area contributed by atoms with Crippen LogP contribution >= 0.6 is 0 Å². The van der Waals surface area contributed by atoms with Crippen molar-refractivity contribution in [1.82, 2.24) is 5.32 Å². The van der Waals surface area contributed by atoms with Crippen molar-refractivity contribution in [3.63, 3.8) is 0 Å². The lowest BCUT2D eigenvalue weighted by Crippen LogP contribution is -2.26. The normalized spacial score (nSPS) is 10.0. The van der Waals surface area contributed by atoms with E-state index in [4.69, 9.17) is 0 Å². The van der Waals surface area contributed by atoms with Gasteiger partial charge in [-0.1, -0.05) is 36.4 Å². The highest BCUT2D eigenvalue weighted by molar-refractivity contribution is 5.76. The first-order valence-electron chi connectivity index (χ1n) is 6.11. The molecule has 2 rings (SSSR count). The predicted molar refractivity (Wildman–Crippen MR) is 69.6 cm³/mol. The van der Waals surface area contributed by atoms with Gasteiger partial charge in [-0.3, -0.25) is 4.79 Å². The zero-order valence-electron chi connectivity index (χ0n) is 10.2. The average Bonchev–Trinajstić information content (AvgIpc) is 2.45. The van der Waals surface area contributed by atoms with Crippen LogP contribution in [0.5, 0.6) is 0 Å². The molecule has 0 aliphatic carbocycles. The van der Waals surface area contributed by atoms with Crippen LogP contribution < -0.4 is 10.3 Å². The summed E-state index contributed by atoms with van der Waals surface area (Å²) in [5.41, 5.74) is 2.20. The second-order valence-electron chi connectivity index (χ2n) is 4.15. The molecular formula is C15H17N2O+. The number of aromatic nitrogens is 1. The third-order valence-electron chi connectivity index (χ3n) is 2.73. The number of rotatable bonds is 5. The standard InChI is InChI=1S/C15H16N2O/c18-15(10-9-13-6-2-1-3-7-13)17-12-14-8-4-5-11-16-14/h1-8,11H,9-10,12H2,(H,17,18)/p+1. The van der Waals surface area contributed by atoms with Crippen LogP contribution in [0.3, 0.4) is 0 Å². The molecule has 3 nitrogen and oxygen atoms in total. The van der Waals surface area contributed by atoms with E-state index in [2.05, 4.69) is 10.3 Å². The van der Waals surface area contributed by atoms with Gasteiger partial charge in [0.25, 0.3) is 0 Å². The maximum atomic E-state index is 11.7. The van der Waals surface area contributed by atoms with Gasteiger partial charge in [-0.05, 0) is 12.0 Å². The Hall–Kier alpha value is -2.16. The molecule has 18 heavy (non-hydrogen) atoms. The summed E-state index contributed by atoms with van der Waals surface area (Å²) in [4.78, 5) is 14.7. The molecule has 0 spiro atoms. The summed E-state index contributed by atoms with van der Waals surface area (Å²) in [7, 11) is 0. The maximum absolute atomic E-state index is 11.7. The lowest BCUT2D eigenvalue weighted by Gasteiger charge is -2.02. The molecule has 1 heterocycles. The Kier molecular flexibility index (Phi) is 4.47. The fourth-order valence-corrected chi connectivity index (χ4v) is 1.73. The Balaban J connectivity index is 1.73. The molecule has 0 aliphatic heterocycles. The van der Waals surface area contributed by atoms with Crippen molar-refractivity contribution in [3.05, 3.63) is 66.0 Å². The number of carbonyl (C=O) groups excluding carboxylic acids is 1. The molecule has 2 aromatic rings. The Bertz CT molecular complexity index is 437. The largest absolute Gasteiger partial charge is 0.346 e. The molecule has 0 aliphatic rings. The van der Waals surface area contributed by atoms with E-state index in [0.717, 1.165) is 12.1 Å². The molecule has 1 amide bonds. The van der Waals surface area contributed by atoms with E-state index in [1.54, 1.807) is 0 Å². The summed E-state index contributed by atoms with van der Waals surface area (Å²) in [6.07, 6.45) is 3.16. The van der Waals surface area contributed by atoms with Crippen LogP contribution in [0.25, 0.3) is 0 Å². The Morgan fingerprint density at radius 3 is 2.56 bits per heavy atom. The first-order chi connectivity index (χ1) is 8.84. The molecule has 1 aromatic heterocycles. The van der Waals surface area contributed by atoms with E-state index in [1.807, 2.05) is 54.7 Å². The van der Waals surface area contributed by atoms with Gasteiger partial charge >= 0.3 is 0 Å². The van der Waals surface area contributed by atoms with Crippen LogP contribution in [0, 0.1) is 0 Å². The molecule has 2 N–H and O–H groups in total. The number of pyridine rings is 1. The predicted octanol–water partition coefficient (Wildman–Crippen LogP) is 1.75. The van der Waals surface area contributed by atoms with E-state index in [1.165, 1.54) is 5.56 Å². The number of nitrogens with one attached hydrogen (secondary N) is 2. The number of aryl methyl sites for hydroxylation is 1. The molecule has 1 aromatic carbocycles. The second kappa shape index (κ2) is 6.55. The monoisotopic (exact) mass is 241 g/mol. The average molecular weight is 241 g/mol. The molecule has 0 fully saturated rings. The zero-order valence-corrected chi connectivity index (χ0v) is 10.2. The molecule has 92 valence electrons. The van der Waals surface area contributed by atoms with Crippen LogP contribution in [-0.2, 0) is 17.8 Å². The number of carbonyl (C=O) groups is 1. The smallest absolute Gasteiger partial charge is 0.220 e. The van der Waals surface area contributed by atoms with Crippen LogP contribution in [0.4, 0.5) is 0 Å². The highest BCUT2D eigenvalue weighted by Gasteiger charge is 2.04. The van der Waals surface area contributed by atoms with E-state index in [-0.39, 0.29) is 5.91 Å². The summed E-state index contributed by atoms with van der Waals surface area (Å²) in [6, 6.07) is 15.9. The molecule has 0 atom stereocenters. The first kappa shape index (κ1) is 12.3. The minimum atomic E-state index is 0.0797. The van der Waals surface area contributed by atoms with Crippen molar-refractivity contribution in [2.75, 3.05) is 0 Å². The van der Waals surface area contributed by atoms with Crippen molar-refractivity contribution in [2.45, 2.75) is 19.4 Å². The molecule has 0 radical (unpaired) electrons. The number of amides is 1. The minimum Gasteiger partial charge on any atom is -0.346 e. The number of benzene rings is 1. The number of hydrogen-bond donors (Lipinski definition) is 1. The van der Waals surface area contributed by atoms with Gasteiger partial charge in [-0.15, -0.1) is 0 Å². The molecular weight excluding hydrogens is 224 g/mol. The van der Waals surface area contributed by atoms with Crippen molar-refractivity contribution in [3.8, 4) is 0 Å². The first-order valence-corrected chi connectivity index (χ1v) is 6.11. The summed E-state index contributed by atoms with van der Waals surface area (Å²) in [5, 5.41) is 2.90. The van der Waals surface area contributed by atoms with E-state index >= 15 is 0 Å². The summed E-state index contributed by atoms with van der Waals surface area (Å²) >= 11 is 0. The highest BCUT2D eigenvalue weighted by atomic mass is 16.1. The van der Waals surface area contributed by atoms with Crippen molar-refractivity contribution in [1.29, 1.82) is 0 Å². The molecule has 0 saturated carbocycles. The Morgan fingerprint density at radius 2 is 1.83 bits per heavy atom. The van der Waals surface area contributed by atoms with E-state index in [9.17, 15) is 4.79 Å². The van der Waals surface area contributed by atoms with Crippen molar-refractivity contribution in [2.24, 2.45) is 0 Å². The SMILES string of the molecule is O=C(CCc1ccccc1)NCc1cccc[nH+]1.